The van der Waals surface area contributed by atoms with Crippen LogP contribution in [0.3, 0.4) is 0 Å². The second kappa shape index (κ2) is 10.2. The van der Waals surface area contributed by atoms with Gasteiger partial charge in [-0.25, -0.2) is 0 Å². The van der Waals surface area contributed by atoms with Gasteiger partial charge in [-0.05, 0) is 38.0 Å². The molecule has 0 unspecified atom stereocenters. The fourth-order valence-electron chi connectivity index (χ4n) is 1.50. The van der Waals surface area contributed by atoms with Crippen LogP contribution in [0.1, 0.15) is 37.5 Å². The molecule has 0 saturated carbocycles. The number of nitrogen functional groups attached to an aromatic ring is 1. The van der Waals surface area contributed by atoms with E-state index in [2.05, 4.69) is 38.1 Å². The number of hydrogen-bond donors (Lipinski definition) is 1. The summed E-state index contributed by atoms with van der Waals surface area (Å²) in [6.45, 7) is 10.3. The van der Waals surface area contributed by atoms with Crippen molar-refractivity contribution in [2.75, 3.05) is 5.73 Å². The van der Waals surface area contributed by atoms with Gasteiger partial charge in [-0.15, -0.1) is 0 Å². The lowest BCUT2D eigenvalue weighted by molar-refractivity contribution is 1.13. The number of nitrogens with two attached hydrogens (primary N) is 1. The van der Waals surface area contributed by atoms with Crippen LogP contribution in [0.5, 0.6) is 0 Å². The van der Waals surface area contributed by atoms with Crippen molar-refractivity contribution >= 4 is 5.69 Å². The zero-order valence-corrected chi connectivity index (χ0v) is 12.9. The Bertz CT molecular complexity index is 423. The fraction of sp³-hybridized carbons (Fsp3) is 0.333. The van der Waals surface area contributed by atoms with Crippen molar-refractivity contribution < 1.29 is 0 Å². The first-order valence-corrected chi connectivity index (χ1v) is 6.99. The summed E-state index contributed by atoms with van der Waals surface area (Å²) >= 11 is 0. The third-order valence-electron chi connectivity index (χ3n) is 2.57. The van der Waals surface area contributed by atoms with E-state index >= 15 is 0 Å². The number of rotatable bonds is 1. The highest BCUT2D eigenvalue weighted by atomic mass is 14.5. The molecule has 0 radical (unpaired) electrons. The Hall–Kier alpha value is -1.76. The van der Waals surface area contributed by atoms with Gasteiger partial charge in [0.05, 0.1) is 0 Å². The molecule has 1 heteroatoms. The molecule has 0 heterocycles. The van der Waals surface area contributed by atoms with Gasteiger partial charge in [0.25, 0.3) is 0 Å². The van der Waals surface area contributed by atoms with Gasteiger partial charge in [-0.2, -0.15) is 0 Å². The fourth-order valence-corrected chi connectivity index (χ4v) is 1.50. The van der Waals surface area contributed by atoms with Gasteiger partial charge in [-0.3, -0.25) is 0 Å². The Morgan fingerprint density at radius 1 is 0.842 bits per heavy atom. The highest BCUT2D eigenvalue weighted by Crippen LogP contribution is 2.03. The highest BCUT2D eigenvalue weighted by Gasteiger charge is 1.85. The minimum atomic E-state index is 0.829. The third-order valence-corrected chi connectivity index (χ3v) is 2.57. The molecule has 0 bridgehead atoms. The van der Waals surface area contributed by atoms with E-state index in [1.165, 1.54) is 16.7 Å². The van der Waals surface area contributed by atoms with Crippen molar-refractivity contribution in [3.63, 3.8) is 0 Å². The molecule has 0 aliphatic heterocycles. The molecule has 0 aliphatic rings. The van der Waals surface area contributed by atoms with Crippen LogP contribution in [0.4, 0.5) is 5.69 Å². The minimum Gasteiger partial charge on any atom is -0.399 e. The van der Waals surface area contributed by atoms with E-state index in [0.29, 0.717) is 0 Å². The maximum atomic E-state index is 5.43. The summed E-state index contributed by atoms with van der Waals surface area (Å²) in [5.74, 6) is 0. The van der Waals surface area contributed by atoms with Crippen LogP contribution in [0.15, 0.2) is 48.5 Å². The van der Waals surface area contributed by atoms with Gasteiger partial charge in [-0.1, -0.05) is 68.3 Å². The number of hydrogen-bond acceptors (Lipinski definition) is 1. The van der Waals surface area contributed by atoms with Crippen LogP contribution < -0.4 is 5.73 Å². The first-order chi connectivity index (χ1) is 9.11. The van der Waals surface area contributed by atoms with E-state index in [1.807, 2.05) is 45.0 Å². The lowest BCUT2D eigenvalue weighted by atomic mass is 10.1. The summed E-state index contributed by atoms with van der Waals surface area (Å²) in [7, 11) is 0. The van der Waals surface area contributed by atoms with Gasteiger partial charge in [0.2, 0.25) is 0 Å². The molecule has 2 aromatic carbocycles. The highest BCUT2D eigenvalue weighted by molar-refractivity contribution is 5.38. The van der Waals surface area contributed by atoms with Crippen LogP contribution in [0.2, 0.25) is 0 Å². The van der Waals surface area contributed by atoms with E-state index in [9.17, 15) is 0 Å². The quantitative estimate of drug-likeness (QED) is 0.701. The second-order valence-electron chi connectivity index (χ2n) is 4.25. The van der Waals surface area contributed by atoms with Gasteiger partial charge in [0, 0.05) is 5.69 Å². The Morgan fingerprint density at radius 2 is 1.42 bits per heavy atom. The predicted octanol–water partition coefficient (Wildman–Crippen LogP) is 5.16. The number of benzene rings is 2. The standard InChI is InChI=1S/C9H12.C7H9N.C2H6/c1-3-9-6-4-5-8(2)7-9;1-6-2-4-7(8)5-3-6;1-2/h4-7H,3H2,1-2H3;2-5H,8H2,1H3;1-2H3. The third kappa shape index (κ3) is 8.04. The van der Waals surface area contributed by atoms with Crippen LogP contribution in [-0.2, 0) is 6.42 Å². The molecule has 0 aromatic heterocycles. The first-order valence-electron chi connectivity index (χ1n) is 6.99. The molecule has 19 heavy (non-hydrogen) atoms. The molecule has 0 saturated heterocycles. The normalized spacial score (nSPS) is 8.68. The van der Waals surface area contributed by atoms with Crippen molar-refractivity contribution in [3.8, 4) is 0 Å². The maximum Gasteiger partial charge on any atom is 0.0314 e. The van der Waals surface area contributed by atoms with Gasteiger partial charge in [0.1, 0.15) is 0 Å². The summed E-state index contributed by atoms with van der Waals surface area (Å²) in [5, 5.41) is 0. The average Bonchev–Trinajstić information content (AvgIpc) is 2.45. The summed E-state index contributed by atoms with van der Waals surface area (Å²) in [6, 6.07) is 16.4. The molecule has 104 valence electrons. The second-order valence-corrected chi connectivity index (χ2v) is 4.25. The molecule has 0 atom stereocenters. The molecule has 0 spiro atoms. The van der Waals surface area contributed by atoms with Crippen LogP contribution in [0.25, 0.3) is 0 Å². The van der Waals surface area contributed by atoms with Crippen LogP contribution >= 0.6 is 0 Å². The number of anilines is 1. The van der Waals surface area contributed by atoms with E-state index < -0.39 is 0 Å². The molecule has 0 fully saturated rings. The zero-order chi connectivity index (χ0) is 14.7. The van der Waals surface area contributed by atoms with Crippen molar-refractivity contribution in [3.05, 3.63) is 65.2 Å². The topological polar surface area (TPSA) is 26.0 Å². The Morgan fingerprint density at radius 3 is 1.79 bits per heavy atom. The lowest BCUT2D eigenvalue weighted by Gasteiger charge is -1.95. The monoisotopic (exact) mass is 257 g/mol. The minimum absolute atomic E-state index is 0.829. The molecule has 0 aliphatic carbocycles. The molecule has 2 aromatic rings. The molecular weight excluding hydrogens is 230 g/mol. The van der Waals surface area contributed by atoms with Gasteiger partial charge < -0.3 is 5.73 Å². The van der Waals surface area contributed by atoms with E-state index in [0.717, 1.165) is 12.1 Å². The molecule has 2 N–H and O–H groups in total. The Labute approximate surface area is 118 Å². The summed E-state index contributed by atoms with van der Waals surface area (Å²) < 4.78 is 0. The van der Waals surface area contributed by atoms with E-state index in [4.69, 9.17) is 5.73 Å². The maximum absolute atomic E-state index is 5.43. The van der Waals surface area contributed by atoms with Crippen molar-refractivity contribution in [2.45, 2.75) is 41.0 Å². The predicted molar refractivity (Wildman–Crippen MR) is 87.5 cm³/mol. The van der Waals surface area contributed by atoms with Crippen molar-refractivity contribution in [1.29, 1.82) is 0 Å². The van der Waals surface area contributed by atoms with Crippen LogP contribution in [0, 0.1) is 13.8 Å². The summed E-state index contributed by atoms with van der Waals surface area (Å²) in [6.07, 6.45) is 1.14. The van der Waals surface area contributed by atoms with Crippen molar-refractivity contribution in [1.82, 2.24) is 0 Å². The average molecular weight is 257 g/mol. The molecule has 2 rings (SSSR count). The SMILES string of the molecule is CC.CCc1cccc(C)c1.Cc1ccc(N)cc1. The lowest BCUT2D eigenvalue weighted by Crippen LogP contribution is -1.81. The van der Waals surface area contributed by atoms with Gasteiger partial charge in [0.15, 0.2) is 0 Å². The van der Waals surface area contributed by atoms with E-state index in [1.54, 1.807) is 0 Å². The molecule has 0 amide bonds. The first kappa shape index (κ1) is 17.2. The van der Waals surface area contributed by atoms with Gasteiger partial charge >= 0.3 is 0 Å². The van der Waals surface area contributed by atoms with Crippen molar-refractivity contribution in [2.24, 2.45) is 0 Å². The molecule has 1 nitrogen and oxygen atoms in total. The summed E-state index contributed by atoms with van der Waals surface area (Å²) in [4.78, 5) is 0. The zero-order valence-electron chi connectivity index (χ0n) is 12.9. The van der Waals surface area contributed by atoms with Crippen LogP contribution in [-0.4, -0.2) is 0 Å². The van der Waals surface area contributed by atoms with E-state index in [-0.39, 0.29) is 0 Å². The Balaban J connectivity index is 0.000000303. The molecular formula is C18H27N. The summed E-state index contributed by atoms with van der Waals surface area (Å²) in [5.41, 5.74) is 10.3. The Kier molecular flexibility index (Phi) is 9.25. The smallest absolute Gasteiger partial charge is 0.0314 e. The largest absolute Gasteiger partial charge is 0.399 e. The number of aryl methyl sites for hydroxylation is 3.